The molecule has 192 valence electrons. The highest BCUT2D eigenvalue weighted by Gasteiger charge is 2.21. The summed E-state index contributed by atoms with van der Waals surface area (Å²) in [5.41, 5.74) is 1.57. The fourth-order valence-corrected chi connectivity index (χ4v) is 3.73. The zero-order valence-corrected chi connectivity index (χ0v) is 20.6. The summed E-state index contributed by atoms with van der Waals surface area (Å²) >= 11 is 0. The minimum atomic E-state index is -1.19. The Bertz CT molecular complexity index is 1200. The van der Waals surface area contributed by atoms with Crippen molar-refractivity contribution < 1.29 is 38.0 Å². The molecule has 0 saturated carbocycles. The van der Waals surface area contributed by atoms with E-state index < -0.39 is 17.9 Å². The van der Waals surface area contributed by atoms with Crippen molar-refractivity contribution in [3.8, 4) is 11.5 Å². The van der Waals surface area contributed by atoms with Crippen molar-refractivity contribution in [2.75, 3.05) is 26.4 Å². The maximum Gasteiger partial charge on any atom is 0.341 e. The molecule has 0 radical (unpaired) electrons. The van der Waals surface area contributed by atoms with Gasteiger partial charge in [-0.15, -0.1) is 0 Å². The molecule has 0 aliphatic heterocycles. The van der Waals surface area contributed by atoms with Crippen LogP contribution in [0.4, 0.5) is 4.39 Å². The Kier molecular flexibility index (Phi) is 9.58. The number of aryl methyl sites for hydroxylation is 1. The van der Waals surface area contributed by atoms with Gasteiger partial charge in [0.2, 0.25) is 0 Å². The number of carbonyl (C=O) groups excluding carboxylic acids is 1. The zero-order chi connectivity index (χ0) is 26.1. The minimum absolute atomic E-state index is 0.0854. The number of ether oxygens (including phenoxy) is 4. The van der Waals surface area contributed by atoms with E-state index in [1.165, 1.54) is 18.2 Å². The summed E-state index contributed by atoms with van der Waals surface area (Å²) in [4.78, 5) is 28.1. The molecule has 2 aromatic carbocycles. The first kappa shape index (κ1) is 26.9. The molecule has 1 atom stereocenters. The number of hydrogen-bond donors (Lipinski definition) is 1. The van der Waals surface area contributed by atoms with Gasteiger partial charge < -0.3 is 24.1 Å². The van der Waals surface area contributed by atoms with Crippen LogP contribution >= 0.6 is 0 Å². The first-order valence-corrected chi connectivity index (χ1v) is 11.8. The number of benzene rings is 2. The molecular weight excluding hydrogens is 469 g/mol. The molecule has 3 rings (SSSR count). The monoisotopic (exact) mass is 499 g/mol. The number of pyridine rings is 1. The van der Waals surface area contributed by atoms with Crippen molar-refractivity contribution in [1.29, 1.82) is 0 Å². The molecule has 1 unspecified atom stereocenters. The van der Waals surface area contributed by atoms with Crippen molar-refractivity contribution in [3.05, 3.63) is 65.1 Å². The molecular formula is C27H30FNO7. The fraction of sp³-hybridized carbons (Fsp3) is 0.370. The molecule has 0 aliphatic carbocycles. The topological polar surface area (TPSA) is 104 Å². The molecule has 3 aromatic rings. The Balaban J connectivity index is 1.57. The van der Waals surface area contributed by atoms with Gasteiger partial charge in [-0.3, -0.25) is 4.98 Å². The average Bonchev–Trinajstić information content (AvgIpc) is 2.84. The van der Waals surface area contributed by atoms with E-state index in [1.807, 2.05) is 19.1 Å². The Hall–Kier alpha value is -3.72. The first-order valence-electron chi connectivity index (χ1n) is 11.8. The first-order chi connectivity index (χ1) is 17.3. The van der Waals surface area contributed by atoms with Gasteiger partial charge in [0.1, 0.15) is 22.9 Å². The third-order valence-electron chi connectivity index (χ3n) is 5.36. The lowest BCUT2D eigenvalue weighted by Gasteiger charge is -2.16. The van der Waals surface area contributed by atoms with Crippen molar-refractivity contribution in [3.63, 3.8) is 0 Å². The number of esters is 1. The van der Waals surface area contributed by atoms with Gasteiger partial charge >= 0.3 is 11.9 Å². The number of fused-ring (bicyclic) bond motifs is 1. The minimum Gasteiger partial charge on any atom is -0.493 e. The van der Waals surface area contributed by atoms with Crippen molar-refractivity contribution in [2.24, 2.45) is 0 Å². The predicted molar refractivity (Wildman–Crippen MR) is 131 cm³/mol. The van der Waals surface area contributed by atoms with Crippen molar-refractivity contribution in [1.82, 2.24) is 4.98 Å². The number of carboxylic acid groups (broad SMARTS) is 1. The lowest BCUT2D eigenvalue weighted by molar-refractivity contribution is -0.156. The maximum atomic E-state index is 13.8. The highest BCUT2D eigenvalue weighted by atomic mass is 19.1. The van der Waals surface area contributed by atoms with Gasteiger partial charge in [0.15, 0.2) is 6.10 Å². The molecule has 36 heavy (non-hydrogen) atoms. The Morgan fingerprint density at radius 3 is 2.42 bits per heavy atom. The molecule has 0 spiro atoms. The number of aromatic nitrogens is 1. The van der Waals surface area contributed by atoms with Crippen LogP contribution in [-0.4, -0.2) is 54.6 Å². The van der Waals surface area contributed by atoms with Gasteiger partial charge in [0, 0.05) is 24.8 Å². The van der Waals surface area contributed by atoms with Crippen LogP contribution in [0.5, 0.6) is 11.5 Å². The predicted octanol–water partition coefficient (Wildman–Crippen LogP) is 4.74. The summed E-state index contributed by atoms with van der Waals surface area (Å²) in [5.74, 6) is -1.34. The van der Waals surface area contributed by atoms with Crippen LogP contribution in [0.3, 0.4) is 0 Å². The van der Waals surface area contributed by atoms with Gasteiger partial charge in [-0.25, -0.2) is 14.0 Å². The molecule has 1 N–H and O–H groups in total. The number of rotatable bonds is 13. The van der Waals surface area contributed by atoms with Crippen LogP contribution in [-0.2, 0) is 20.7 Å². The number of halogens is 1. The van der Waals surface area contributed by atoms with Gasteiger partial charge in [-0.1, -0.05) is 12.1 Å². The second-order valence-electron chi connectivity index (χ2n) is 7.96. The normalized spacial score (nSPS) is 11.8. The summed E-state index contributed by atoms with van der Waals surface area (Å²) in [6, 6.07) is 11.3. The lowest BCUT2D eigenvalue weighted by Crippen LogP contribution is -2.28. The molecule has 0 bridgehead atoms. The lowest BCUT2D eigenvalue weighted by atomic mass is 10.1. The Morgan fingerprint density at radius 2 is 1.75 bits per heavy atom. The summed E-state index contributed by atoms with van der Waals surface area (Å²) in [7, 11) is 0. The standard InChI is InChI=1S/C27H30FNO7/c1-4-33-23(27(32)34-5-2)15-18-7-10-20(11-8-18)35-13-6-14-36-25-21-16-19(28)9-12-22(21)29-17(3)24(25)26(30)31/h7-12,16,23H,4-6,13-15H2,1-3H3,(H,30,31). The largest absolute Gasteiger partial charge is 0.493 e. The number of hydrogen-bond acceptors (Lipinski definition) is 7. The quantitative estimate of drug-likeness (QED) is 0.266. The van der Waals surface area contributed by atoms with Crippen molar-refractivity contribution in [2.45, 2.75) is 39.7 Å². The highest BCUT2D eigenvalue weighted by molar-refractivity contribution is 6.00. The van der Waals surface area contributed by atoms with Crippen LogP contribution in [0.15, 0.2) is 42.5 Å². The fourth-order valence-electron chi connectivity index (χ4n) is 3.73. The molecule has 0 amide bonds. The van der Waals surface area contributed by atoms with Crippen LogP contribution in [0.2, 0.25) is 0 Å². The van der Waals surface area contributed by atoms with E-state index in [0.29, 0.717) is 55.0 Å². The third-order valence-corrected chi connectivity index (χ3v) is 5.36. The summed E-state index contributed by atoms with van der Waals surface area (Å²) in [6.45, 7) is 6.35. The van der Waals surface area contributed by atoms with E-state index in [9.17, 15) is 19.1 Å². The van der Waals surface area contributed by atoms with Crippen molar-refractivity contribution >= 4 is 22.8 Å². The molecule has 8 nitrogen and oxygen atoms in total. The van der Waals surface area contributed by atoms with Crippen LogP contribution in [0, 0.1) is 12.7 Å². The van der Waals surface area contributed by atoms with E-state index in [0.717, 1.165) is 5.56 Å². The molecule has 0 fully saturated rings. The Labute approximate surface area is 209 Å². The number of nitrogens with zero attached hydrogens (tertiary/aromatic N) is 1. The zero-order valence-electron chi connectivity index (χ0n) is 20.6. The number of carbonyl (C=O) groups is 2. The molecule has 0 aliphatic rings. The van der Waals surface area contributed by atoms with Crippen LogP contribution in [0.1, 0.15) is 41.9 Å². The smallest absolute Gasteiger partial charge is 0.341 e. The summed E-state index contributed by atoms with van der Waals surface area (Å²) in [5, 5.41) is 9.93. The van der Waals surface area contributed by atoms with Gasteiger partial charge in [-0.2, -0.15) is 0 Å². The second-order valence-corrected chi connectivity index (χ2v) is 7.96. The van der Waals surface area contributed by atoms with E-state index >= 15 is 0 Å². The highest BCUT2D eigenvalue weighted by Crippen LogP contribution is 2.31. The van der Waals surface area contributed by atoms with E-state index in [1.54, 1.807) is 26.0 Å². The molecule has 1 aromatic heterocycles. The summed E-state index contributed by atoms with van der Waals surface area (Å²) in [6.07, 6.45) is 0.205. The van der Waals surface area contributed by atoms with Gasteiger partial charge in [0.05, 0.1) is 31.0 Å². The molecule has 0 saturated heterocycles. The average molecular weight is 500 g/mol. The van der Waals surface area contributed by atoms with Gasteiger partial charge in [-0.05, 0) is 56.7 Å². The van der Waals surface area contributed by atoms with E-state index in [2.05, 4.69) is 4.98 Å². The molecule has 1 heterocycles. The van der Waals surface area contributed by atoms with E-state index in [4.69, 9.17) is 18.9 Å². The SMILES string of the molecule is CCOC(=O)C(Cc1ccc(OCCCOc2c(C(=O)O)c(C)nc3ccc(F)cc23)cc1)OCC. The third kappa shape index (κ3) is 6.91. The molecule has 9 heteroatoms. The van der Waals surface area contributed by atoms with Crippen LogP contribution < -0.4 is 9.47 Å². The Morgan fingerprint density at radius 1 is 1.03 bits per heavy atom. The number of aromatic carboxylic acids is 1. The number of carboxylic acids is 1. The van der Waals surface area contributed by atoms with E-state index in [-0.39, 0.29) is 23.9 Å². The maximum absolute atomic E-state index is 13.8. The summed E-state index contributed by atoms with van der Waals surface area (Å²) < 4.78 is 35.9. The second kappa shape index (κ2) is 12.8. The van der Waals surface area contributed by atoms with Crippen LogP contribution in [0.25, 0.3) is 10.9 Å². The van der Waals surface area contributed by atoms with Gasteiger partial charge in [0.25, 0.3) is 0 Å².